The molecule has 0 bridgehead atoms. The Hall–Kier alpha value is -1.75. The van der Waals surface area contributed by atoms with Crippen LogP contribution in [-0.2, 0) is 6.42 Å². The number of hydrogen-bond acceptors (Lipinski definition) is 4. The highest BCUT2D eigenvalue weighted by molar-refractivity contribution is 5.32. The van der Waals surface area contributed by atoms with E-state index in [4.69, 9.17) is 0 Å². The Kier molecular flexibility index (Phi) is 4.84. The van der Waals surface area contributed by atoms with Gasteiger partial charge < -0.3 is 5.32 Å². The Balaban J connectivity index is 2.20. The first kappa shape index (κ1) is 14.7. The zero-order valence-corrected chi connectivity index (χ0v) is 12.8. The van der Waals surface area contributed by atoms with E-state index in [2.05, 4.69) is 41.2 Å². The standard InChI is InChI=1S/C15H23N5/c1-5-7-16-8-6-14-12(3)19-20(13(14)4)15-9-11(2)17-10-18-15/h9-10,16H,5-8H2,1-4H3. The van der Waals surface area contributed by atoms with Crippen LogP contribution in [-0.4, -0.2) is 32.8 Å². The van der Waals surface area contributed by atoms with Crippen molar-refractivity contribution in [3.63, 3.8) is 0 Å². The lowest BCUT2D eigenvalue weighted by atomic mass is 10.1. The average molecular weight is 273 g/mol. The summed E-state index contributed by atoms with van der Waals surface area (Å²) in [7, 11) is 0. The molecule has 0 aliphatic heterocycles. The van der Waals surface area contributed by atoms with Crippen LogP contribution in [0.3, 0.4) is 0 Å². The minimum atomic E-state index is 0.839. The fraction of sp³-hybridized carbons (Fsp3) is 0.533. The zero-order valence-electron chi connectivity index (χ0n) is 12.8. The van der Waals surface area contributed by atoms with Crippen LogP contribution >= 0.6 is 0 Å². The lowest BCUT2D eigenvalue weighted by molar-refractivity contribution is 0.669. The summed E-state index contributed by atoms with van der Waals surface area (Å²) in [5.74, 6) is 0.839. The summed E-state index contributed by atoms with van der Waals surface area (Å²) in [6, 6.07) is 1.96. The molecule has 0 unspecified atom stereocenters. The molecular formula is C15H23N5. The minimum Gasteiger partial charge on any atom is -0.316 e. The number of aromatic nitrogens is 4. The second kappa shape index (κ2) is 6.61. The van der Waals surface area contributed by atoms with Gasteiger partial charge in [-0.1, -0.05) is 6.92 Å². The van der Waals surface area contributed by atoms with E-state index in [1.807, 2.05) is 17.7 Å². The largest absolute Gasteiger partial charge is 0.316 e. The lowest BCUT2D eigenvalue weighted by Gasteiger charge is -2.06. The molecule has 0 fully saturated rings. The minimum absolute atomic E-state index is 0.839. The highest BCUT2D eigenvalue weighted by Crippen LogP contribution is 2.17. The number of nitrogens with zero attached hydrogens (tertiary/aromatic N) is 4. The van der Waals surface area contributed by atoms with E-state index in [-0.39, 0.29) is 0 Å². The molecule has 0 amide bonds. The molecule has 0 radical (unpaired) electrons. The fourth-order valence-electron chi connectivity index (χ4n) is 2.33. The van der Waals surface area contributed by atoms with Crippen molar-refractivity contribution in [2.45, 2.75) is 40.5 Å². The molecule has 2 rings (SSSR count). The molecule has 0 atom stereocenters. The van der Waals surface area contributed by atoms with Crippen LogP contribution in [0.1, 0.15) is 36.0 Å². The highest BCUT2D eigenvalue weighted by atomic mass is 15.3. The Morgan fingerprint density at radius 2 is 1.95 bits per heavy atom. The average Bonchev–Trinajstić information content (AvgIpc) is 2.71. The van der Waals surface area contributed by atoms with E-state index < -0.39 is 0 Å². The predicted molar refractivity (Wildman–Crippen MR) is 80.2 cm³/mol. The van der Waals surface area contributed by atoms with Crippen molar-refractivity contribution >= 4 is 0 Å². The van der Waals surface area contributed by atoms with Crippen LogP contribution in [0.4, 0.5) is 0 Å². The molecule has 108 valence electrons. The Labute approximate surface area is 120 Å². The van der Waals surface area contributed by atoms with Gasteiger partial charge in [0.1, 0.15) is 6.33 Å². The van der Waals surface area contributed by atoms with E-state index >= 15 is 0 Å². The summed E-state index contributed by atoms with van der Waals surface area (Å²) in [6.45, 7) is 10.4. The molecule has 0 saturated heterocycles. The maximum atomic E-state index is 4.62. The van der Waals surface area contributed by atoms with E-state index in [0.29, 0.717) is 0 Å². The Bertz CT molecular complexity index is 574. The molecule has 2 aromatic heterocycles. The third-order valence-corrected chi connectivity index (χ3v) is 3.43. The summed E-state index contributed by atoms with van der Waals surface area (Å²) < 4.78 is 1.92. The third-order valence-electron chi connectivity index (χ3n) is 3.43. The van der Waals surface area contributed by atoms with Crippen molar-refractivity contribution in [3.8, 4) is 5.82 Å². The van der Waals surface area contributed by atoms with E-state index in [0.717, 1.165) is 43.1 Å². The van der Waals surface area contributed by atoms with Gasteiger partial charge in [0.2, 0.25) is 0 Å². The van der Waals surface area contributed by atoms with Gasteiger partial charge in [0.25, 0.3) is 0 Å². The normalized spacial score (nSPS) is 11.0. The topological polar surface area (TPSA) is 55.6 Å². The molecule has 5 nitrogen and oxygen atoms in total. The fourth-order valence-corrected chi connectivity index (χ4v) is 2.33. The van der Waals surface area contributed by atoms with Crippen LogP contribution in [0.5, 0.6) is 0 Å². The van der Waals surface area contributed by atoms with E-state index in [9.17, 15) is 0 Å². The van der Waals surface area contributed by atoms with Gasteiger partial charge in [0, 0.05) is 17.5 Å². The molecule has 5 heteroatoms. The van der Waals surface area contributed by atoms with Crippen LogP contribution < -0.4 is 5.32 Å². The monoisotopic (exact) mass is 273 g/mol. The van der Waals surface area contributed by atoms with Gasteiger partial charge in [-0.05, 0) is 52.3 Å². The van der Waals surface area contributed by atoms with Gasteiger partial charge in [-0.3, -0.25) is 0 Å². The molecule has 20 heavy (non-hydrogen) atoms. The smallest absolute Gasteiger partial charge is 0.157 e. The number of aryl methyl sites for hydroxylation is 2. The lowest BCUT2D eigenvalue weighted by Crippen LogP contribution is -2.18. The van der Waals surface area contributed by atoms with Crippen molar-refractivity contribution < 1.29 is 0 Å². The predicted octanol–water partition coefficient (Wildman–Crippen LogP) is 2.13. The van der Waals surface area contributed by atoms with Crippen LogP contribution in [0, 0.1) is 20.8 Å². The summed E-state index contributed by atoms with van der Waals surface area (Å²) in [5, 5.41) is 8.05. The molecule has 0 aliphatic rings. The van der Waals surface area contributed by atoms with Gasteiger partial charge >= 0.3 is 0 Å². The number of rotatable bonds is 6. The quantitative estimate of drug-likeness (QED) is 0.819. The molecule has 0 spiro atoms. The van der Waals surface area contributed by atoms with Crippen LogP contribution in [0.2, 0.25) is 0 Å². The van der Waals surface area contributed by atoms with E-state index in [1.165, 1.54) is 11.3 Å². The first-order valence-electron chi connectivity index (χ1n) is 7.18. The summed E-state index contributed by atoms with van der Waals surface area (Å²) in [4.78, 5) is 8.44. The molecule has 0 aromatic carbocycles. The maximum absolute atomic E-state index is 4.62. The van der Waals surface area contributed by atoms with Gasteiger partial charge in [0.15, 0.2) is 5.82 Å². The van der Waals surface area contributed by atoms with Gasteiger partial charge in [0.05, 0.1) is 5.69 Å². The van der Waals surface area contributed by atoms with Crippen molar-refractivity contribution in [2.75, 3.05) is 13.1 Å². The first-order valence-corrected chi connectivity index (χ1v) is 7.18. The molecule has 0 saturated carbocycles. The van der Waals surface area contributed by atoms with Crippen LogP contribution in [0.15, 0.2) is 12.4 Å². The Morgan fingerprint density at radius 3 is 2.65 bits per heavy atom. The second-order valence-electron chi connectivity index (χ2n) is 5.08. The van der Waals surface area contributed by atoms with Crippen molar-refractivity contribution in [1.29, 1.82) is 0 Å². The number of hydrogen-bond donors (Lipinski definition) is 1. The summed E-state index contributed by atoms with van der Waals surface area (Å²) in [6.07, 6.45) is 3.75. The SMILES string of the molecule is CCCNCCc1c(C)nn(-c2cc(C)ncn2)c1C. The molecule has 2 heterocycles. The first-order chi connectivity index (χ1) is 9.63. The second-order valence-corrected chi connectivity index (χ2v) is 5.08. The van der Waals surface area contributed by atoms with Crippen molar-refractivity contribution in [2.24, 2.45) is 0 Å². The molecule has 0 aliphatic carbocycles. The third kappa shape index (κ3) is 3.22. The van der Waals surface area contributed by atoms with Crippen molar-refractivity contribution in [1.82, 2.24) is 25.1 Å². The van der Waals surface area contributed by atoms with Gasteiger partial charge in [-0.2, -0.15) is 5.10 Å². The van der Waals surface area contributed by atoms with Gasteiger partial charge in [-0.15, -0.1) is 0 Å². The van der Waals surface area contributed by atoms with Crippen molar-refractivity contribution in [3.05, 3.63) is 35.0 Å². The molecule has 1 N–H and O–H groups in total. The Morgan fingerprint density at radius 1 is 1.15 bits per heavy atom. The molecular weight excluding hydrogens is 250 g/mol. The zero-order chi connectivity index (χ0) is 14.5. The highest BCUT2D eigenvalue weighted by Gasteiger charge is 2.13. The molecule has 2 aromatic rings. The maximum Gasteiger partial charge on any atom is 0.157 e. The number of nitrogens with one attached hydrogen (secondary N) is 1. The summed E-state index contributed by atoms with van der Waals surface area (Å²) in [5.41, 5.74) is 4.51. The van der Waals surface area contributed by atoms with Gasteiger partial charge in [-0.25, -0.2) is 14.6 Å². The summed E-state index contributed by atoms with van der Waals surface area (Å²) >= 11 is 0. The van der Waals surface area contributed by atoms with Crippen LogP contribution in [0.25, 0.3) is 5.82 Å². The van der Waals surface area contributed by atoms with E-state index in [1.54, 1.807) is 6.33 Å².